The fourth-order valence-corrected chi connectivity index (χ4v) is 2.67. The van der Waals surface area contributed by atoms with Gasteiger partial charge in [-0.15, -0.1) is 0 Å². The van der Waals surface area contributed by atoms with Gasteiger partial charge in [-0.25, -0.2) is 15.0 Å². The van der Waals surface area contributed by atoms with E-state index >= 15 is 0 Å². The fourth-order valence-electron chi connectivity index (χ4n) is 2.67. The quantitative estimate of drug-likeness (QED) is 0.853. The SMILES string of the molecule is COc1cc(CN2CCN(c3cc(C)ncn3)CC2)ccn1. The molecule has 0 saturated carbocycles. The molecule has 2 aromatic heterocycles. The molecular formula is C16H21N5O. The summed E-state index contributed by atoms with van der Waals surface area (Å²) in [6.45, 7) is 6.94. The minimum absolute atomic E-state index is 0.674. The number of piperazine rings is 1. The van der Waals surface area contributed by atoms with Crippen LogP contribution in [0.1, 0.15) is 11.3 Å². The second-order valence-electron chi connectivity index (χ2n) is 5.49. The van der Waals surface area contributed by atoms with Crippen LogP contribution in [0.3, 0.4) is 0 Å². The van der Waals surface area contributed by atoms with Crippen LogP contribution in [0.15, 0.2) is 30.7 Å². The average Bonchev–Trinajstić information content (AvgIpc) is 2.56. The van der Waals surface area contributed by atoms with Crippen LogP contribution in [0.2, 0.25) is 0 Å². The highest BCUT2D eigenvalue weighted by Gasteiger charge is 2.18. The van der Waals surface area contributed by atoms with Crippen molar-refractivity contribution in [3.05, 3.63) is 42.0 Å². The summed E-state index contributed by atoms with van der Waals surface area (Å²) in [5, 5.41) is 0. The van der Waals surface area contributed by atoms with Gasteiger partial charge < -0.3 is 9.64 Å². The van der Waals surface area contributed by atoms with Gasteiger partial charge in [0.2, 0.25) is 5.88 Å². The third-order valence-corrected chi connectivity index (χ3v) is 3.90. The first-order chi connectivity index (χ1) is 10.7. The molecule has 0 unspecified atom stereocenters. The molecule has 1 aliphatic heterocycles. The number of anilines is 1. The number of methoxy groups -OCH3 is 1. The van der Waals surface area contributed by atoms with E-state index in [2.05, 4.69) is 24.8 Å². The number of hydrogen-bond acceptors (Lipinski definition) is 6. The molecule has 116 valence electrons. The summed E-state index contributed by atoms with van der Waals surface area (Å²) in [6.07, 6.45) is 3.44. The highest BCUT2D eigenvalue weighted by molar-refractivity contribution is 5.39. The predicted octanol–water partition coefficient (Wildman–Crippen LogP) is 1.51. The second-order valence-corrected chi connectivity index (χ2v) is 5.49. The summed E-state index contributed by atoms with van der Waals surface area (Å²) in [7, 11) is 1.65. The minimum Gasteiger partial charge on any atom is -0.481 e. The van der Waals surface area contributed by atoms with Crippen molar-refractivity contribution in [1.82, 2.24) is 19.9 Å². The Hall–Kier alpha value is -2.21. The molecule has 0 aliphatic carbocycles. The van der Waals surface area contributed by atoms with Gasteiger partial charge in [0, 0.05) is 56.7 Å². The standard InChI is InChI=1S/C16H21N5O/c1-13-9-15(19-12-18-13)21-7-5-20(6-8-21)11-14-3-4-17-16(10-14)22-2/h3-4,9-10,12H,5-8,11H2,1-2H3. The Labute approximate surface area is 130 Å². The molecule has 6 nitrogen and oxygen atoms in total. The molecule has 1 aliphatic rings. The Morgan fingerprint density at radius 1 is 1.09 bits per heavy atom. The first kappa shape index (κ1) is 14.7. The number of hydrogen-bond donors (Lipinski definition) is 0. The first-order valence-corrected chi connectivity index (χ1v) is 7.49. The van der Waals surface area contributed by atoms with E-state index in [-0.39, 0.29) is 0 Å². The highest BCUT2D eigenvalue weighted by Crippen LogP contribution is 2.16. The molecule has 0 atom stereocenters. The summed E-state index contributed by atoms with van der Waals surface area (Å²) in [5.74, 6) is 1.70. The molecule has 3 heterocycles. The number of aryl methyl sites for hydroxylation is 1. The molecule has 2 aromatic rings. The van der Waals surface area contributed by atoms with Crippen molar-refractivity contribution < 1.29 is 4.74 Å². The first-order valence-electron chi connectivity index (χ1n) is 7.49. The third kappa shape index (κ3) is 3.51. The zero-order chi connectivity index (χ0) is 15.4. The van der Waals surface area contributed by atoms with Gasteiger partial charge in [-0.2, -0.15) is 0 Å². The van der Waals surface area contributed by atoms with E-state index < -0.39 is 0 Å². The maximum absolute atomic E-state index is 5.18. The molecule has 0 radical (unpaired) electrons. The molecular weight excluding hydrogens is 278 g/mol. The molecule has 6 heteroatoms. The van der Waals surface area contributed by atoms with Crippen molar-refractivity contribution in [2.75, 3.05) is 38.2 Å². The van der Waals surface area contributed by atoms with Crippen LogP contribution in [0.5, 0.6) is 5.88 Å². The van der Waals surface area contributed by atoms with Crippen molar-refractivity contribution in [2.45, 2.75) is 13.5 Å². The van der Waals surface area contributed by atoms with Crippen molar-refractivity contribution in [3.8, 4) is 5.88 Å². The van der Waals surface area contributed by atoms with Crippen LogP contribution in [0.25, 0.3) is 0 Å². The van der Waals surface area contributed by atoms with Gasteiger partial charge in [0.15, 0.2) is 0 Å². The zero-order valence-electron chi connectivity index (χ0n) is 13.1. The van der Waals surface area contributed by atoms with E-state index in [9.17, 15) is 0 Å². The highest BCUT2D eigenvalue weighted by atomic mass is 16.5. The largest absolute Gasteiger partial charge is 0.481 e. The topological polar surface area (TPSA) is 54.4 Å². The Kier molecular flexibility index (Phi) is 4.48. The number of pyridine rings is 1. The molecule has 3 rings (SSSR count). The van der Waals surface area contributed by atoms with Crippen LogP contribution in [0.4, 0.5) is 5.82 Å². The van der Waals surface area contributed by atoms with Gasteiger partial charge in [-0.05, 0) is 18.6 Å². The van der Waals surface area contributed by atoms with Crippen molar-refractivity contribution >= 4 is 5.82 Å². The van der Waals surface area contributed by atoms with Crippen molar-refractivity contribution in [2.24, 2.45) is 0 Å². The van der Waals surface area contributed by atoms with Crippen molar-refractivity contribution in [3.63, 3.8) is 0 Å². The maximum atomic E-state index is 5.18. The number of aromatic nitrogens is 3. The summed E-state index contributed by atoms with van der Waals surface area (Å²) < 4.78 is 5.18. The van der Waals surface area contributed by atoms with E-state index in [4.69, 9.17) is 4.74 Å². The Bertz CT molecular complexity index is 625. The lowest BCUT2D eigenvalue weighted by atomic mass is 10.2. The number of nitrogens with zero attached hydrogens (tertiary/aromatic N) is 5. The van der Waals surface area contributed by atoms with Gasteiger partial charge in [-0.3, -0.25) is 4.90 Å². The van der Waals surface area contributed by atoms with Gasteiger partial charge in [0.25, 0.3) is 0 Å². The van der Waals surface area contributed by atoms with E-state index in [0.717, 1.165) is 44.2 Å². The lowest BCUT2D eigenvalue weighted by molar-refractivity contribution is 0.249. The molecule has 0 aromatic carbocycles. The maximum Gasteiger partial charge on any atom is 0.213 e. The van der Waals surface area contributed by atoms with E-state index in [1.807, 2.05) is 25.1 Å². The number of rotatable bonds is 4. The Balaban J connectivity index is 1.57. The zero-order valence-corrected chi connectivity index (χ0v) is 13.1. The Morgan fingerprint density at radius 2 is 1.91 bits per heavy atom. The smallest absolute Gasteiger partial charge is 0.213 e. The van der Waals surface area contributed by atoms with Gasteiger partial charge in [-0.1, -0.05) is 0 Å². The lowest BCUT2D eigenvalue weighted by Crippen LogP contribution is -2.46. The molecule has 22 heavy (non-hydrogen) atoms. The van der Waals surface area contributed by atoms with E-state index in [0.29, 0.717) is 5.88 Å². The summed E-state index contributed by atoms with van der Waals surface area (Å²) in [4.78, 5) is 17.4. The van der Waals surface area contributed by atoms with Crippen LogP contribution >= 0.6 is 0 Å². The molecule has 0 amide bonds. The average molecular weight is 299 g/mol. The monoisotopic (exact) mass is 299 g/mol. The van der Waals surface area contributed by atoms with Crippen molar-refractivity contribution in [1.29, 1.82) is 0 Å². The molecule has 0 bridgehead atoms. The summed E-state index contributed by atoms with van der Waals surface area (Å²) in [6, 6.07) is 6.09. The number of ether oxygens (including phenoxy) is 1. The van der Waals surface area contributed by atoms with Crippen LogP contribution in [-0.4, -0.2) is 53.1 Å². The second kappa shape index (κ2) is 6.70. The van der Waals surface area contributed by atoms with Gasteiger partial charge in [0.05, 0.1) is 7.11 Å². The van der Waals surface area contributed by atoms with Gasteiger partial charge >= 0.3 is 0 Å². The van der Waals surface area contributed by atoms with Crippen LogP contribution in [0, 0.1) is 6.92 Å². The molecule has 0 spiro atoms. The fraction of sp³-hybridized carbons (Fsp3) is 0.438. The lowest BCUT2D eigenvalue weighted by Gasteiger charge is -2.35. The third-order valence-electron chi connectivity index (χ3n) is 3.90. The van der Waals surface area contributed by atoms with E-state index in [1.165, 1.54) is 5.56 Å². The molecule has 1 fully saturated rings. The molecule has 1 saturated heterocycles. The van der Waals surface area contributed by atoms with Crippen LogP contribution in [-0.2, 0) is 6.54 Å². The van der Waals surface area contributed by atoms with Gasteiger partial charge in [0.1, 0.15) is 12.1 Å². The Morgan fingerprint density at radius 3 is 2.64 bits per heavy atom. The predicted molar refractivity (Wildman–Crippen MR) is 85.0 cm³/mol. The van der Waals surface area contributed by atoms with E-state index in [1.54, 1.807) is 19.6 Å². The summed E-state index contributed by atoms with van der Waals surface area (Å²) >= 11 is 0. The molecule has 0 N–H and O–H groups in total. The minimum atomic E-state index is 0.674. The normalized spacial score (nSPS) is 15.8. The van der Waals surface area contributed by atoms with Crippen LogP contribution < -0.4 is 9.64 Å². The summed E-state index contributed by atoms with van der Waals surface area (Å²) in [5.41, 5.74) is 2.24.